The van der Waals surface area contributed by atoms with Gasteiger partial charge in [0.1, 0.15) is 18.1 Å². The molecule has 0 aliphatic carbocycles. The Morgan fingerprint density at radius 3 is 2.73 bits per heavy atom. The van der Waals surface area contributed by atoms with Crippen molar-refractivity contribution in [2.75, 3.05) is 26.2 Å². The molecular formula is C20H28N4O2. The minimum Gasteiger partial charge on any atom is -0.491 e. The molecule has 0 atom stereocenters. The lowest BCUT2D eigenvalue weighted by atomic mass is 10.1. The Kier molecular flexibility index (Phi) is 5.93. The highest BCUT2D eigenvalue weighted by Crippen LogP contribution is 2.25. The first-order valence-electron chi connectivity index (χ1n) is 9.44. The predicted octanol–water partition coefficient (Wildman–Crippen LogP) is 2.78. The molecule has 0 saturated heterocycles. The van der Waals surface area contributed by atoms with Gasteiger partial charge in [-0.1, -0.05) is 19.9 Å². The Bertz CT molecular complexity index is 752. The fourth-order valence-corrected chi connectivity index (χ4v) is 3.24. The van der Waals surface area contributed by atoms with E-state index in [4.69, 9.17) is 4.74 Å². The van der Waals surface area contributed by atoms with E-state index in [1.807, 2.05) is 24.1 Å². The van der Waals surface area contributed by atoms with Gasteiger partial charge in [0, 0.05) is 31.4 Å². The molecule has 1 aromatic carbocycles. The molecule has 6 nitrogen and oxygen atoms in total. The quantitative estimate of drug-likeness (QED) is 0.799. The summed E-state index contributed by atoms with van der Waals surface area (Å²) in [5.74, 6) is 0.838. The van der Waals surface area contributed by atoms with Crippen LogP contribution < -0.4 is 4.74 Å². The van der Waals surface area contributed by atoms with Crippen molar-refractivity contribution in [1.29, 1.82) is 0 Å². The number of rotatable bonds is 6. The second-order valence-corrected chi connectivity index (χ2v) is 6.54. The summed E-state index contributed by atoms with van der Waals surface area (Å²) in [6.07, 6.45) is 1.84. The van der Waals surface area contributed by atoms with Crippen molar-refractivity contribution in [2.45, 2.75) is 40.4 Å². The molecule has 2 heterocycles. The van der Waals surface area contributed by atoms with Gasteiger partial charge in [-0.3, -0.25) is 14.4 Å². The molecule has 0 N–H and O–H groups in total. The number of fused-ring (bicyclic) bond motifs is 1. The number of aryl methyl sites for hydroxylation is 1. The molecule has 2 aromatic rings. The Hall–Kier alpha value is -2.34. The maximum absolute atomic E-state index is 12.8. The van der Waals surface area contributed by atoms with Crippen LogP contribution in [-0.4, -0.2) is 51.7 Å². The Morgan fingerprint density at radius 1 is 1.23 bits per heavy atom. The van der Waals surface area contributed by atoms with E-state index in [2.05, 4.69) is 36.0 Å². The zero-order valence-electron chi connectivity index (χ0n) is 15.9. The topological polar surface area (TPSA) is 50.6 Å². The van der Waals surface area contributed by atoms with Crippen LogP contribution in [0.1, 0.15) is 42.4 Å². The van der Waals surface area contributed by atoms with E-state index < -0.39 is 0 Å². The first-order chi connectivity index (χ1) is 12.6. The van der Waals surface area contributed by atoms with Gasteiger partial charge in [-0.15, -0.1) is 0 Å². The first kappa shape index (κ1) is 18.5. The number of ether oxygens (including phenoxy) is 1. The van der Waals surface area contributed by atoms with Crippen LogP contribution in [0.25, 0.3) is 0 Å². The molecule has 1 aliphatic rings. The third-order valence-corrected chi connectivity index (χ3v) is 4.88. The van der Waals surface area contributed by atoms with Crippen molar-refractivity contribution in [3.05, 3.63) is 47.3 Å². The Morgan fingerprint density at radius 2 is 2.04 bits per heavy atom. The van der Waals surface area contributed by atoms with Gasteiger partial charge in [0.15, 0.2) is 0 Å². The van der Waals surface area contributed by atoms with Gasteiger partial charge in [0.2, 0.25) is 0 Å². The van der Waals surface area contributed by atoms with Crippen molar-refractivity contribution in [3.8, 4) is 5.75 Å². The van der Waals surface area contributed by atoms with Crippen molar-refractivity contribution in [2.24, 2.45) is 0 Å². The van der Waals surface area contributed by atoms with Gasteiger partial charge in [-0.2, -0.15) is 5.10 Å². The summed E-state index contributed by atoms with van der Waals surface area (Å²) in [5, 5.41) is 4.35. The van der Waals surface area contributed by atoms with Crippen LogP contribution in [0.3, 0.4) is 0 Å². The van der Waals surface area contributed by atoms with Crippen LogP contribution in [0.2, 0.25) is 0 Å². The van der Waals surface area contributed by atoms with E-state index in [0.717, 1.165) is 37.5 Å². The molecule has 1 amide bonds. The zero-order valence-corrected chi connectivity index (χ0v) is 15.9. The second kappa shape index (κ2) is 8.36. The number of nitrogens with zero attached hydrogens (tertiary/aromatic N) is 4. The van der Waals surface area contributed by atoms with Crippen LogP contribution in [0.4, 0.5) is 0 Å². The van der Waals surface area contributed by atoms with E-state index in [1.54, 1.807) is 10.7 Å². The molecule has 0 fully saturated rings. The van der Waals surface area contributed by atoms with Gasteiger partial charge in [-0.25, -0.2) is 0 Å². The molecule has 0 bridgehead atoms. The number of amides is 1. The monoisotopic (exact) mass is 356 g/mol. The predicted molar refractivity (Wildman–Crippen MR) is 101 cm³/mol. The molecule has 1 aromatic heterocycles. The van der Waals surface area contributed by atoms with E-state index in [-0.39, 0.29) is 5.91 Å². The standard InChI is InChI=1S/C20H28N4O2/c1-4-22(5-2)14-16-7-8-19-17(13-16)15-23(11-12-26-19)20(25)18-9-10-24(6-3)21-18/h7-10,13H,4-6,11-12,14-15H2,1-3H3. The summed E-state index contributed by atoms with van der Waals surface area (Å²) in [6.45, 7) is 11.7. The fourth-order valence-electron chi connectivity index (χ4n) is 3.24. The van der Waals surface area contributed by atoms with Crippen molar-refractivity contribution < 1.29 is 9.53 Å². The molecular weight excluding hydrogens is 328 g/mol. The van der Waals surface area contributed by atoms with E-state index in [9.17, 15) is 4.79 Å². The SMILES string of the molecule is CCN(CC)Cc1ccc2c(c1)CN(C(=O)c1ccn(CC)n1)CCO2. The minimum atomic E-state index is -0.0391. The van der Waals surface area contributed by atoms with Crippen molar-refractivity contribution in [3.63, 3.8) is 0 Å². The highest BCUT2D eigenvalue weighted by Gasteiger charge is 2.23. The smallest absolute Gasteiger partial charge is 0.274 e. The number of aromatic nitrogens is 2. The normalized spacial score (nSPS) is 14.1. The highest BCUT2D eigenvalue weighted by molar-refractivity contribution is 5.92. The maximum atomic E-state index is 12.8. The molecule has 0 unspecified atom stereocenters. The van der Waals surface area contributed by atoms with Crippen LogP contribution in [0.15, 0.2) is 30.5 Å². The van der Waals surface area contributed by atoms with E-state index in [1.165, 1.54) is 5.56 Å². The summed E-state index contributed by atoms with van der Waals surface area (Å²) < 4.78 is 7.65. The third-order valence-electron chi connectivity index (χ3n) is 4.88. The Labute approximate surface area is 155 Å². The van der Waals surface area contributed by atoms with Crippen LogP contribution in [0, 0.1) is 0 Å². The number of benzene rings is 1. The molecule has 1 aliphatic heterocycles. The average Bonchev–Trinajstić information content (AvgIpc) is 3.05. The van der Waals surface area contributed by atoms with Crippen molar-refractivity contribution in [1.82, 2.24) is 19.6 Å². The van der Waals surface area contributed by atoms with Gasteiger partial charge >= 0.3 is 0 Å². The Balaban J connectivity index is 1.78. The summed E-state index contributed by atoms with van der Waals surface area (Å²) in [7, 11) is 0. The van der Waals surface area contributed by atoms with Crippen LogP contribution in [0.5, 0.6) is 5.75 Å². The fraction of sp³-hybridized carbons (Fsp3) is 0.500. The maximum Gasteiger partial charge on any atom is 0.274 e. The number of carbonyl (C=O) groups excluding carboxylic acids is 1. The van der Waals surface area contributed by atoms with Gasteiger partial charge in [0.25, 0.3) is 5.91 Å². The lowest BCUT2D eigenvalue weighted by molar-refractivity contribution is 0.0726. The van der Waals surface area contributed by atoms with E-state index in [0.29, 0.717) is 25.4 Å². The first-order valence-corrected chi connectivity index (χ1v) is 9.44. The summed E-state index contributed by atoms with van der Waals surface area (Å²) in [5.41, 5.74) is 2.81. The molecule has 0 spiro atoms. The van der Waals surface area contributed by atoms with Gasteiger partial charge in [0.05, 0.1) is 6.54 Å². The summed E-state index contributed by atoms with van der Waals surface area (Å²) in [4.78, 5) is 17.0. The lowest BCUT2D eigenvalue weighted by Crippen LogP contribution is -2.32. The molecule has 0 radical (unpaired) electrons. The second-order valence-electron chi connectivity index (χ2n) is 6.54. The van der Waals surface area contributed by atoms with E-state index >= 15 is 0 Å². The summed E-state index contributed by atoms with van der Waals surface area (Å²) >= 11 is 0. The van der Waals surface area contributed by atoms with Gasteiger partial charge in [-0.05, 0) is 43.8 Å². The lowest BCUT2D eigenvalue weighted by Gasteiger charge is -2.20. The average molecular weight is 356 g/mol. The van der Waals surface area contributed by atoms with Crippen LogP contribution in [-0.2, 0) is 19.6 Å². The molecule has 0 saturated carbocycles. The summed E-state index contributed by atoms with van der Waals surface area (Å²) in [6, 6.07) is 8.12. The molecule has 3 rings (SSSR count). The highest BCUT2D eigenvalue weighted by atomic mass is 16.5. The number of hydrogen-bond acceptors (Lipinski definition) is 4. The zero-order chi connectivity index (χ0) is 18.5. The van der Waals surface area contributed by atoms with Gasteiger partial charge < -0.3 is 9.64 Å². The van der Waals surface area contributed by atoms with Crippen LogP contribution >= 0.6 is 0 Å². The molecule has 6 heteroatoms. The minimum absolute atomic E-state index is 0.0391. The number of hydrogen-bond donors (Lipinski definition) is 0. The van der Waals surface area contributed by atoms with Crippen molar-refractivity contribution >= 4 is 5.91 Å². The number of carbonyl (C=O) groups is 1. The largest absolute Gasteiger partial charge is 0.491 e. The molecule has 26 heavy (non-hydrogen) atoms. The molecule has 140 valence electrons. The third kappa shape index (κ3) is 4.07.